The summed E-state index contributed by atoms with van der Waals surface area (Å²) in [6.45, 7) is 3.62. The molecule has 1 aromatic heterocycles. The van der Waals surface area contributed by atoms with Crippen LogP contribution in [0.15, 0.2) is 48.7 Å². The molecule has 1 aliphatic heterocycles. The van der Waals surface area contributed by atoms with Crippen molar-refractivity contribution in [2.45, 2.75) is 38.0 Å². The Hall–Kier alpha value is -2.67. The summed E-state index contributed by atoms with van der Waals surface area (Å²) in [5, 5.41) is 3.77. The third-order valence-corrected chi connectivity index (χ3v) is 7.48. The molecule has 0 radical (unpaired) electrons. The van der Waals surface area contributed by atoms with Gasteiger partial charge in [-0.3, -0.25) is 5.32 Å². The molecule has 2 aromatic carbocycles. The molecular weight excluding hydrogens is 483 g/mol. The van der Waals surface area contributed by atoms with E-state index in [9.17, 15) is 4.79 Å². The minimum Gasteiger partial charge on any atom is -0.449 e. The van der Waals surface area contributed by atoms with Crippen LogP contribution in [0.25, 0.3) is 11.3 Å². The molecule has 3 aromatic rings. The summed E-state index contributed by atoms with van der Waals surface area (Å²) < 4.78 is 5.37. The van der Waals surface area contributed by atoms with Crippen molar-refractivity contribution in [3.63, 3.8) is 0 Å². The van der Waals surface area contributed by atoms with E-state index in [0.717, 1.165) is 60.4 Å². The predicted molar refractivity (Wildman–Crippen MR) is 139 cm³/mol. The fourth-order valence-electron chi connectivity index (χ4n) is 4.99. The Balaban J connectivity index is 1.26. The second-order valence-corrected chi connectivity index (χ2v) is 9.92. The number of ether oxygens (including phenoxy) is 1. The number of nitrogens with one attached hydrogen (secondary N) is 1. The van der Waals surface area contributed by atoms with Crippen LogP contribution in [0.2, 0.25) is 10.0 Å². The lowest BCUT2D eigenvalue weighted by molar-refractivity contribution is 0.148. The van der Waals surface area contributed by atoms with Crippen LogP contribution >= 0.6 is 23.2 Å². The number of anilines is 1. The van der Waals surface area contributed by atoms with Gasteiger partial charge < -0.3 is 9.64 Å². The zero-order valence-corrected chi connectivity index (χ0v) is 21.0. The second-order valence-electron chi connectivity index (χ2n) is 9.10. The number of likely N-dealkylation sites (tertiary alicyclic amines) is 1. The largest absolute Gasteiger partial charge is 0.449 e. The van der Waals surface area contributed by atoms with Gasteiger partial charge in [0.1, 0.15) is 0 Å². The van der Waals surface area contributed by atoms with Crippen LogP contribution in [0.1, 0.15) is 48.3 Å². The van der Waals surface area contributed by atoms with Crippen molar-refractivity contribution >= 4 is 35.2 Å². The second kappa shape index (κ2) is 10.9. The van der Waals surface area contributed by atoms with Crippen LogP contribution in [-0.4, -0.2) is 47.2 Å². The number of aromatic nitrogens is 2. The smallest absolute Gasteiger partial charge is 0.414 e. The number of benzene rings is 2. The number of carbonyl (C=O) groups is 1. The number of fused-ring (bicyclic) bond motifs is 3. The van der Waals surface area contributed by atoms with E-state index in [4.69, 9.17) is 27.9 Å². The summed E-state index contributed by atoms with van der Waals surface area (Å²) in [5.41, 5.74) is 5.11. The molecule has 0 saturated carbocycles. The van der Waals surface area contributed by atoms with Crippen LogP contribution in [0.5, 0.6) is 0 Å². The van der Waals surface area contributed by atoms with E-state index < -0.39 is 6.09 Å². The lowest BCUT2D eigenvalue weighted by Gasteiger charge is -2.27. The SMILES string of the molecule is O=C(Nc1ncc2c(n1)-c1ccccc1C(c1ccc(Cl)c(Cl)c1)C2)OCCCN1CCCCC1. The Bertz CT molecular complexity index is 1210. The van der Waals surface area contributed by atoms with Gasteiger partial charge >= 0.3 is 6.09 Å². The van der Waals surface area contributed by atoms with Gasteiger partial charge in [0.05, 0.1) is 22.3 Å². The van der Waals surface area contributed by atoms with Gasteiger partial charge in [-0.05, 0) is 67.6 Å². The molecule has 35 heavy (non-hydrogen) atoms. The molecule has 182 valence electrons. The van der Waals surface area contributed by atoms with E-state index in [1.54, 1.807) is 6.20 Å². The van der Waals surface area contributed by atoms with E-state index in [-0.39, 0.29) is 11.9 Å². The number of halogens is 2. The van der Waals surface area contributed by atoms with Gasteiger partial charge in [-0.1, -0.05) is 60.0 Å². The van der Waals surface area contributed by atoms with Gasteiger partial charge in [0.15, 0.2) is 0 Å². The molecule has 1 atom stereocenters. The summed E-state index contributed by atoms with van der Waals surface area (Å²) >= 11 is 12.4. The molecule has 0 bridgehead atoms. The number of nitrogens with zero attached hydrogens (tertiary/aromatic N) is 3. The van der Waals surface area contributed by atoms with Crippen molar-refractivity contribution in [3.8, 4) is 11.3 Å². The first-order valence-electron chi connectivity index (χ1n) is 12.1. The summed E-state index contributed by atoms with van der Waals surface area (Å²) in [6.07, 6.45) is 6.64. The Morgan fingerprint density at radius 2 is 1.91 bits per heavy atom. The first-order valence-corrected chi connectivity index (χ1v) is 12.9. The average Bonchev–Trinajstić information content (AvgIpc) is 2.88. The van der Waals surface area contributed by atoms with E-state index in [2.05, 4.69) is 26.3 Å². The fraction of sp³-hybridized carbons (Fsp3) is 0.370. The Morgan fingerprint density at radius 3 is 2.74 bits per heavy atom. The standard InChI is InChI=1S/C27H28Cl2N4O2/c28-23-10-9-18(16-24(23)29)22-15-19-17-30-26(31-25(19)21-8-3-2-7-20(21)22)32-27(34)35-14-6-13-33-11-4-1-5-12-33/h2-3,7-10,16-17,22H,1,4-6,11-15H2,(H,30,31,32,34). The van der Waals surface area contributed by atoms with Crippen LogP contribution in [-0.2, 0) is 11.2 Å². The zero-order chi connectivity index (χ0) is 24.2. The van der Waals surface area contributed by atoms with Gasteiger partial charge in [0.25, 0.3) is 0 Å². The molecule has 5 rings (SSSR count). The van der Waals surface area contributed by atoms with Gasteiger partial charge in [-0.25, -0.2) is 14.8 Å². The van der Waals surface area contributed by atoms with Crippen molar-refractivity contribution in [2.24, 2.45) is 0 Å². The highest BCUT2D eigenvalue weighted by molar-refractivity contribution is 6.42. The van der Waals surface area contributed by atoms with Crippen molar-refractivity contribution in [2.75, 3.05) is 31.6 Å². The number of piperidine rings is 1. The predicted octanol–water partition coefficient (Wildman–Crippen LogP) is 6.56. The van der Waals surface area contributed by atoms with Gasteiger partial charge in [-0.15, -0.1) is 0 Å². The number of carbonyl (C=O) groups excluding carboxylic acids is 1. The molecule has 2 heterocycles. The van der Waals surface area contributed by atoms with Crippen LogP contribution in [0.4, 0.5) is 10.7 Å². The molecule has 1 saturated heterocycles. The normalized spacial score (nSPS) is 17.4. The number of hydrogen-bond donors (Lipinski definition) is 1. The van der Waals surface area contributed by atoms with Gasteiger partial charge in [-0.2, -0.15) is 0 Å². The third kappa shape index (κ3) is 5.61. The van der Waals surface area contributed by atoms with E-state index in [1.807, 2.05) is 36.4 Å². The lowest BCUT2D eigenvalue weighted by Crippen LogP contribution is -2.31. The molecular formula is C27H28Cl2N4O2. The first-order chi connectivity index (χ1) is 17.1. The summed E-state index contributed by atoms with van der Waals surface area (Å²) in [6, 6.07) is 13.9. The number of hydrogen-bond acceptors (Lipinski definition) is 5. The van der Waals surface area contributed by atoms with Gasteiger partial charge in [0.2, 0.25) is 5.95 Å². The molecule has 2 aliphatic rings. The van der Waals surface area contributed by atoms with Crippen molar-refractivity contribution < 1.29 is 9.53 Å². The molecule has 1 N–H and O–H groups in total. The Labute approximate surface area is 215 Å². The van der Waals surface area contributed by atoms with Crippen LogP contribution < -0.4 is 5.32 Å². The Kier molecular flexibility index (Phi) is 7.51. The summed E-state index contributed by atoms with van der Waals surface area (Å²) in [7, 11) is 0. The summed E-state index contributed by atoms with van der Waals surface area (Å²) in [5.74, 6) is 0.355. The highest BCUT2D eigenvalue weighted by atomic mass is 35.5. The monoisotopic (exact) mass is 510 g/mol. The molecule has 1 fully saturated rings. The van der Waals surface area contributed by atoms with E-state index >= 15 is 0 Å². The highest BCUT2D eigenvalue weighted by Crippen LogP contribution is 2.42. The molecule has 6 nitrogen and oxygen atoms in total. The number of amides is 1. The maximum atomic E-state index is 12.3. The molecule has 8 heteroatoms. The maximum Gasteiger partial charge on any atom is 0.414 e. The minimum atomic E-state index is -0.527. The Morgan fingerprint density at radius 1 is 1.09 bits per heavy atom. The average molecular weight is 511 g/mol. The minimum absolute atomic E-state index is 0.112. The van der Waals surface area contributed by atoms with Crippen LogP contribution in [0, 0.1) is 0 Å². The fourth-order valence-corrected chi connectivity index (χ4v) is 5.29. The van der Waals surface area contributed by atoms with E-state index in [1.165, 1.54) is 19.3 Å². The maximum absolute atomic E-state index is 12.3. The van der Waals surface area contributed by atoms with Crippen molar-refractivity contribution in [1.29, 1.82) is 0 Å². The lowest BCUT2D eigenvalue weighted by atomic mass is 9.78. The third-order valence-electron chi connectivity index (χ3n) is 6.74. The molecule has 1 unspecified atom stereocenters. The highest BCUT2D eigenvalue weighted by Gasteiger charge is 2.28. The summed E-state index contributed by atoms with van der Waals surface area (Å²) in [4.78, 5) is 23.8. The van der Waals surface area contributed by atoms with Crippen LogP contribution in [0.3, 0.4) is 0 Å². The first kappa shape index (κ1) is 24.0. The van der Waals surface area contributed by atoms with E-state index in [0.29, 0.717) is 16.7 Å². The van der Waals surface area contributed by atoms with Crippen molar-refractivity contribution in [1.82, 2.24) is 14.9 Å². The topological polar surface area (TPSA) is 67.3 Å². The van der Waals surface area contributed by atoms with Crippen molar-refractivity contribution in [3.05, 3.63) is 75.4 Å². The van der Waals surface area contributed by atoms with Gasteiger partial charge in [0, 0.05) is 24.2 Å². The quantitative estimate of drug-likeness (QED) is 0.380. The molecule has 1 amide bonds. The zero-order valence-electron chi connectivity index (χ0n) is 19.5. The number of rotatable bonds is 6. The molecule has 1 aliphatic carbocycles. The molecule has 0 spiro atoms.